The Morgan fingerprint density at radius 2 is 2.46 bits per heavy atom. The molecule has 13 heavy (non-hydrogen) atoms. The number of ether oxygens (including phenoxy) is 1. The molecule has 0 aromatic carbocycles. The summed E-state index contributed by atoms with van der Waals surface area (Å²) in [6, 6.07) is 0. The highest BCUT2D eigenvalue weighted by atomic mass is 32.2. The summed E-state index contributed by atoms with van der Waals surface area (Å²) in [7, 11) is 0. The van der Waals surface area contributed by atoms with E-state index in [1.54, 1.807) is 0 Å². The van der Waals surface area contributed by atoms with Crippen molar-refractivity contribution in [3.8, 4) is 0 Å². The molecule has 0 saturated carbocycles. The second-order valence-corrected chi connectivity index (χ2v) is 5.61. The van der Waals surface area contributed by atoms with Crippen LogP contribution < -0.4 is 5.32 Å². The average molecular weight is 201 g/mol. The molecule has 0 radical (unpaired) electrons. The molecule has 0 aromatic rings. The lowest BCUT2D eigenvalue weighted by molar-refractivity contribution is -0.00130. The van der Waals surface area contributed by atoms with E-state index < -0.39 is 0 Å². The van der Waals surface area contributed by atoms with Gasteiger partial charge < -0.3 is 4.74 Å². The Balaban J connectivity index is 1.81. The molecule has 0 bridgehead atoms. The Kier molecular flexibility index (Phi) is 3.17. The van der Waals surface area contributed by atoms with Crippen molar-refractivity contribution < 1.29 is 4.74 Å². The molecule has 2 heterocycles. The lowest BCUT2D eigenvalue weighted by Gasteiger charge is -2.30. The van der Waals surface area contributed by atoms with Crippen molar-refractivity contribution in [1.82, 2.24) is 5.32 Å². The van der Waals surface area contributed by atoms with Gasteiger partial charge in [0.1, 0.15) is 5.72 Å². The highest BCUT2D eigenvalue weighted by Gasteiger charge is 2.32. The van der Waals surface area contributed by atoms with Crippen LogP contribution in [0, 0.1) is 0 Å². The standard InChI is InChI=1S/C10H19NOS/c1-10(11-5-6-12-10)8-9-4-2-3-7-13-9/h9,11H,2-8H2,1H3. The largest absolute Gasteiger partial charge is 0.360 e. The minimum absolute atomic E-state index is 0.0188. The number of thioether (sulfide) groups is 1. The molecule has 2 saturated heterocycles. The summed E-state index contributed by atoms with van der Waals surface area (Å²) in [5.41, 5.74) is -0.0188. The fourth-order valence-electron chi connectivity index (χ4n) is 2.18. The molecule has 2 unspecified atom stereocenters. The van der Waals surface area contributed by atoms with Crippen LogP contribution in [-0.4, -0.2) is 29.9 Å². The maximum Gasteiger partial charge on any atom is 0.117 e. The highest BCUT2D eigenvalue weighted by Crippen LogP contribution is 2.32. The Bertz CT molecular complexity index is 162. The van der Waals surface area contributed by atoms with Crippen LogP contribution >= 0.6 is 11.8 Å². The van der Waals surface area contributed by atoms with Crippen molar-refractivity contribution in [3.63, 3.8) is 0 Å². The molecule has 2 rings (SSSR count). The lowest BCUT2D eigenvalue weighted by Crippen LogP contribution is -2.40. The van der Waals surface area contributed by atoms with Crippen molar-refractivity contribution in [2.24, 2.45) is 0 Å². The van der Waals surface area contributed by atoms with Gasteiger partial charge in [-0.1, -0.05) is 6.42 Å². The molecule has 2 nitrogen and oxygen atoms in total. The van der Waals surface area contributed by atoms with E-state index in [2.05, 4.69) is 24.0 Å². The summed E-state index contributed by atoms with van der Waals surface area (Å²) in [5.74, 6) is 1.35. The maximum atomic E-state index is 5.72. The van der Waals surface area contributed by atoms with Gasteiger partial charge in [0.05, 0.1) is 6.61 Å². The summed E-state index contributed by atoms with van der Waals surface area (Å²) in [4.78, 5) is 0. The number of rotatable bonds is 2. The monoisotopic (exact) mass is 201 g/mol. The third kappa shape index (κ3) is 2.61. The van der Waals surface area contributed by atoms with E-state index >= 15 is 0 Å². The van der Waals surface area contributed by atoms with Crippen LogP contribution in [0.5, 0.6) is 0 Å². The van der Waals surface area contributed by atoms with Gasteiger partial charge in [-0.3, -0.25) is 5.32 Å². The van der Waals surface area contributed by atoms with Crippen LogP contribution in [0.4, 0.5) is 0 Å². The van der Waals surface area contributed by atoms with Crippen molar-refractivity contribution in [1.29, 1.82) is 0 Å². The topological polar surface area (TPSA) is 21.3 Å². The molecule has 3 heteroatoms. The third-order valence-electron chi connectivity index (χ3n) is 2.91. The van der Waals surface area contributed by atoms with Crippen molar-refractivity contribution in [2.75, 3.05) is 18.9 Å². The second-order valence-electron chi connectivity index (χ2n) is 4.20. The number of hydrogen-bond acceptors (Lipinski definition) is 3. The van der Waals surface area contributed by atoms with Gasteiger partial charge in [-0.15, -0.1) is 0 Å². The molecule has 2 aliphatic heterocycles. The molecule has 0 aliphatic carbocycles. The van der Waals surface area contributed by atoms with Gasteiger partial charge in [0.2, 0.25) is 0 Å². The Labute approximate surface area is 84.8 Å². The van der Waals surface area contributed by atoms with E-state index in [-0.39, 0.29) is 5.72 Å². The molecular weight excluding hydrogens is 182 g/mol. The molecule has 0 aromatic heterocycles. The van der Waals surface area contributed by atoms with Crippen LogP contribution in [0.1, 0.15) is 32.6 Å². The molecule has 2 fully saturated rings. The molecule has 0 spiro atoms. The Morgan fingerprint density at radius 3 is 3.08 bits per heavy atom. The summed E-state index contributed by atoms with van der Waals surface area (Å²) in [5, 5.41) is 4.27. The lowest BCUT2D eigenvalue weighted by atomic mass is 10.0. The zero-order valence-electron chi connectivity index (χ0n) is 8.34. The van der Waals surface area contributed by atoms with Gasteiger partial charge in [0.25, 0.3) is 0 Å². The first-order valence-electron chi connectivity index (χ1n) is 5.29. The SMILES string of the molecule is CC1(CC2CCCCS2)NCCO1. The van der Waals surface area contributed by atoms with Gasteiger partial charge in [0.15, 0.2) is 0 Å². The minimum Gasteiger partial charge on any atom is -0.360 e. The molecule has 2 atom stereocenters. The molecule has 2 aliphatic rings. The van der Waals surface area contributed by atoms with E-state index in [4.69, 9.17) is 4.74 Å². The van der Waals surface area contributed by atoms with Crippen LogP contribution in [0.2, 0.25) is 0 Å². The van der Waals surface area contributed by atoms with Crippen molar-refractivity contribution >= 4 is 11.8 Å². The summed E-state index contributed by atoms with van der Waals surface area (Å²) >= 11 is 2.13. The second kappa shape index (κ2) is 4.20. The van der Waals surface area contributed by atoms with Gasteiger partial charge >= 0.3 is 0 Å². The van der Waals surface area contributed by atoms with E-state index in [1.807, 2.05) is 0 Å². The smallest absolute Gasteiger partial charge is 0.117 e. The van der Waals surface area contributed by atoms with Crippen molar-refractivity contribution in [3.05, 3.63) is 0 Å². The first-order chi connectivity index (χ1) is 6.29. The molecule has 0 amide bonds. The van der Waals surface area contributed by atoms with Gasteiger partial charge in [-0.2, -0.15) is 11.8 Å². The minimum atomic E-state index is -0.0188. The zero-order chi connectivity index (χ0) is 9.15. The van der Waals surface area contributed by atoms with E-state index in [9.17, 15) is 0 Å². The molecule has 1 N–H and O–H groups in total. The van der Waals surface area contributed by atoms with Gasteiger partial charge in [-0.25, -0.2) is 0 Å². The summed E-state index contributed by atoms with van der Waals surface area (Å²) < 4.78 is 5.72. The third-order valence-corrected chi connectivity index (χ3v) is 4.31. The first kappa shape index (κ1) is 9.81. The molecular formula is C10H19NOS. The van der Waals surface area contributed by atoms with Crippen LogP contribution in [0.3, 0.4) is 0 Å². The zero-order valence-corrected chi connectivity index (χ0v) is 9.16. The summed E-state index contributed by atoms with van der Waals surface area (Å²) in [6.07, 6.45) is 5.38. The first-order valence-corrected chi connectivity index (χ1v) is 6.34. The van der Waals surface area contributed by atoms with E-state index in [0.717, 1.165) is 18.4 Å². The fourth-order valence-corrected chi connectivity index (χ4v) is 3.65. The summed E-state index contributed by atoms with van der Waals surface area (Å²) in [6.45, 7) is 4.09. The van der Waals surface area contributed by atoms with Crippen LogP contribution in [-0.2, 0) is 4.74 Å². The highest BCUT2D eigenvalue weighted by molar-refractivity contribution is 7.99. The maximum absolute atomic E-state index is 5.72. The van der Waals surface area contributed by atoms with Crippen molar-refractivity contribution in [2.45, 2.75) is 43.6 Å². The molecule has 76 valence electrons. The predicted octanol–water partition coefficient (Wildman–Crippen LogP) is 2.00. The van der Waals surface area contributed by atoms with E-state index in [1.165, 1.54) is 31.4 Å². The number of hydrogen-bond donors (Lipinski definition) is 1. The van der Waals surface area contributed by atoms with Gasteiger partial charge in [-0.05, 0) is 25.5 Å². The fraction of sp³-hybridized carbons (Fsp3) is 1.00. The Hall–Kier alpha value is 0.270. The average Bonchev–Trinajstić information content (AvgIpc) is 2.54. The predicted molar refractivity (Wildman–Crippen MR) is 57.1 cm³/mol. The van der Waals surface area contributed by atoms with E-state index in [0.29, 0.717) is 0 Å². The normalized spacial score (nSPS) is 40.8. The number of nitrogens with one attached hydrogen (secondary N) is 1. The van der Waals surface area contributed by atoms with Gasteiger partial charge in [0, 0.05) is 18.2 Å². The quantitative estimate of drug-likeness (QED) is 0.738. The van der Waals surface area contributed by atoms with Crippen LogP contribution in [0.15, 0.2) is 0 Å². The van der Waals surface area contributed by atoms with Crippen LogP contribution in [0.25, 0.3) is 0 Å². The Morgan fingerprint density at radius 1 is 1.54 bits per heavy atom.